The third kappa shape index (κ3) is 5.15. The van der Waals surface area contributed by atoms with Gasteiger partial charge in [-0.15, -0.1) is 0 Å². The fraction of sp³-hybridized carbons (Fsp3) is 0.346. The Hall–Kier alpha value is -2.39. The Morgan fingerprint density at radius 2 is 1.82 bits per heavy atom. The minimum Gasteiger partial charge on any atom is -0.338 e. The average molecular weight is 501 g/mol. The van der Waals surface area contributed by atoms with Crippen LogP contribution in [-0.2, 0) is 17.1 Å². The Bertz CT molecular complexity index is 1340. The first-order valence-corrected chi connectivity index (χ1v) is 13.1. The predicted octanol–water partition coefficient (Wildman–Crippen LogP) is 4.17. The van der Waals surface area contributed by atoms with Crippen molar-refractivity contribution in [2.75, 3.05) is 53.2 Å². The van der Waals surface area contributed by atoms with E-state index in [1.165, 1.54) is 15.2 Å². The number of benzene rings is 2. The molecule has 0 bridgehead atoms. The van der Waals surface area contributed by atoms with Gasteiger partial charge in [0.25, 0.3) is 0 Å². The normalized spacial score (nSPS) is 15.1. The molecule has 0 spiro atoms. The fourth-order valence-electron chi connectivity index (χ4n) is 3.83. The summed E-state index contributed by atoms with van der Waals surface area (Å²) in [5.41, 5.74) is 3.32. The lowest BCUT2D eigenvalue weighted by Gasteiger charge is -2.26. The van der Waals surface area contributed by atoms with Crippen molar-refractivity contribution in [1.29, 1.82) is 0 Å². The van der Waals surface area contributed by atoms with E-state index in [1.807, 2.05) is 26.2 Å². The van der Waals surface area contributed by atoms with Gasteiger partial charge in [0.05, 0.1) is 55.2 Å². The smallest absolute Gasteiger partial charge is 0.243 e. The van der Waals surface area contributed by atoms with Crippen LogP contribution in [0.5, 0.6) is 0 Å². The van der Waals surface area contributed by atoms with Gasteiger partial charge in [-0.05, 0) is 35.9 Å². The van der Waals surface area contributed by atoms with E-state index in [1.54, 1.807) is 30.9 Å². The Kier molecular flexibility index (Phi) is 7.48. The van der Waals surface area contributed by atoms with Crippen LogP contribution in [0.2, 0.25) is 0 Å². The number of aromatic nitrogens is 1. The zero-order chi connectivity index (χ0) is 24.0. The Morgan fingerprint density at radius 3 is 2.53 bits per heavy atom. The Balaban J connectivity index is 0.00000324. The molecular weight excluding hydrogens is 464 g/mol. The largest absolute Gasteiger partial charge is 0.338 e. The number of nitrogens with zero attached hydrogens (tertiary/aromatic N) is 4. The van der Waals surface area contributed by atoms with Crippen LogP contribution in [0.4, 0.5) is 5.69 Å². The zero-order valence-electron chi connectivity index (χ0n) is 20.1. The van der Waals surface area contributed by atoms with E-state index in [0.717, 1.165) is 27.7 Å². The number of fused-ring (bicyclic) bond motifs is 2. The molecule has 8 heteroatoms. The molecular formula is C26H36N4O2S2+2. The molecule has 0 atom stereocenters. The van der Waals surface area contributed by atoms with Crippen molar-refractivity contribution in [3.8, 4) is 0 Å². The molecule has 0 N–H and O–H groups in total. The van der Waals surface area contributed by atoms with Crippen molar-refractivity contribution >= 4 is 44.5 Å². The lowest BCUT2D eigenvalue weighted by atomic mass is 10.1. The molecule has 2 heterocycles. The van der Waals surface area contributed by atoms with Crippen molar-refractivity contribution in [3.63, 3.8) is 0 Å². The second kappa shape index (κ2) is 9.70. The molecule has 34 heavy (non-hydrogen) atoms. The maximum Gasteiger partial charge on any atom is 0.243 e. The highest BCUT2D eigenvalue weighted by molar-refractivity contribution is 8.04. The van der Waals surface area contributed by atoms with Crippen LogP contribution in [0.25, 0.3) is 17.0 Å². The molecule has 0 saturated heterocycles. The highest BCUT2D eigenvalue weighted by Crippen LogP contribution is 2.46. The molecule has 1 aliphatic rings. The van der Waals surface area contributed by atoms with Gasteiger partial charge in [-0.25, -0.2) is 13.0 Å². The van der Waals surface area contributed by atoms with Gasteiger partial charge < -0.3 is 9.38 Å². The van der Waals surface area contributed by atoms with Crippen molar-refractivity contribution in [2.24, 2.45) is 7.05 Å². The number of thioether (sulfide) groups is 1. The predicted molar refractivity (Wildman–Crippen MR) is 143 cm³/mol. The zero-order valence-corrected chi connectivity index (χ0v) is 21.7. The van der Waals surface area contributed by atoms with Crippen molar-refractivity contribution < 1.29 is 17.5 Å². The van der Waals surface area contributed by atoms with Crippen LogP contribution < -0.4 is 9.47 Å². The van der Waals surface area contributed by atoms with Crippen LogP contribution in [0.15, 0.2) is 69.5 Å². The number of rotatable bonds is 6. The summed E-state index contributed by atoms with van der Waals surface area (Å²) in [5, 5.41) is 2.25. The summed E-state index contributed by atoms with van der Waals surface area (Å²) in [4.78, 5) is 3.42. The van der Waals surface area contributed by atoms with Gasteiger partial charge in [-0.3, -0.25) is 0 Å². The third-order valence-electron chi connectivity index (χ3n) is 5.98. The molecule has 4 rings (SSSR count). The highest BCUT2D eigenvalue weighted by atomic mass is 32.2. The molecule has 1 aliphatic heterocycles. The molecule has 0 unspecified atom stereocenters. The van der Waals surface area contributed by atoms with Gasteiger partial charge in [-0.2, -0.15) is 4.31 Å². The second-order valence-electron chi connectivity index (χ2n) is 9.51. The lowest BCUT2D eigenvalue weighted by Crippen LogP contribution is -2.42. The number of likely N-dealkylation sites (N-methyl/N-ethyl adjacent to an activating group) is 2. The Morgan fingerprint density at radius 1 is 1.12 bits per heavy atom. The summed E-state index contributed by atoms with van der Waals surface area (Å²) in [6.07, 6.45) is 4.24. The standard InChI is InChI=1S/C25H32N4O2S2.CH4/c1-26-14-13-19(21-9-7-8-10-22(21)26)17-25-28(3)23-12-11-20(18-24(23)32-25)33(30,31)27(2)15-16-29(4,5)6;/h7-14,17-18H,15-16H2,1-6H3;1H4/q+2;. The second-order valence-corrected chi connectivity index (χ2v) is 12.6. The first-order valence-electron chi connectivity index (χ1n) is 10.9. The summed E-state index contributed by atoms with van der Waals surface area (Å²) < 4.78 is 30.6. The van der Waals surface area contributed by atoms with Crippen molar-refractivity contribution in [3.05, 3.63) is 65.3 Å². The Labute approximate surface area is 208 Å². The number of aryl methyl sites for hydroxylation is 1. The molecule has 0 saturated carbocycles. The molecule has 0 radical (unpaired) electrons. The van der Waals surface area contributed by atoms with Gasteiger partial charge >= 0.3 is 0 Å². The summed E-state index contributed by atoms with van der Waals surface area (Å²) in [6.45, 7) is 1.22. The van der Waals surface area contributed by atoms with E-state index in [-0.39, 0.29) is 7.43 Å². The maximum atomic E-state index is 13.2. The molecule has 6 nitrogen and oxygen atoms in total. The van der Waals surface area contributed by atoms with Gasteiger partial charge in [0.2, 0.25) is 15.5 Å². The number of sulfonamides is 1. The number of quaternary nitrogens is 1. The summed E-state index contributed by atoms with van der Waals surface area (Å²) in [6, 6.07) is 15.9. The van der Waals surface area contributed by atoms with E-state index in [4.69, 9.17) is 0 Å². The first-order chi connectivity index (χ1) is 15.5. The SMILES string of the molecule is C.CN1C(=Cc2cc[n+](C)c3ccccc23)Sc2cc(S(=O)(=O)N(C)CC[N+](C)(C)C)ccc21. The van der Waals surface area contributed by atoms with Gasteiger partial charge in [-0.1, -0.05) is 31.3 Å². The minimum atomic E-state index is -3.54. The minimum absolute atomic E-state index is 0. The number of anilines is 1. The van der Waals surface area contributed by atoms with E-state index in [2.05, 4.69) is 67.1 Å². The van der Waals surface area contributed by atoms with E-state index in [0.29, 0.717) is 15.9 Å². The summed E-state index contributed by atoms with van der Waals surface area (Å²) in [5.74, 6) is 0. The van der Waals surface area contributed by atoms with Crippen LogP contribution in [0.3, 0.4) is 0 Å². The maximum absolute atomic E-state index is 13.2. The lowest BCUT2D eigenvalue weighted by molar-refractivity contribution is -0.869. The quantitative estimate of drug-likeness (QED) is 0.377. The monoisotopic (exact) mass is 500 g/mol. The van der Waals surface area contributed by atoms with Crippen molar-refractivity contribution in [2.45, 2.75) is 17.2 Å². The number of hydrogen-bond donors (Lipinski definition) is 0. The summed E-state index contributed by atoms with van der Waals surface area (Å²) in [7, 11) is 8.37. The molecule has 1 aromatic heterocycles. The number of hydrogen-bond acceptors (Lipinski definition) is 4. The molecule has 0 fully saturated rings. The highest BCUT2D eigenvalue weighted by Gasteiger charge is 2.28. The third-order valence-corrected chi connectivity index (χ3v) is 8.98. The molecule has 182 valence electrons. The van der Waals surface area contributed by atoms with Crippen LogP contribution in [-0.4, -0.2) is 65.5 Å². The van der Waals surface area contributed by atoms with Gasteiger partial charge in [0.15, 0.2) is 6.20 Å². The summed E-state index contributed by atoms with van der Waals surface area (Å²) >= 11 is 1.61. The average Bonchev–Trinajstić information content (AvgIpc) is 3.08. The van der Waals surface area contributed by atoms with E-state index < -0.39 is 10.0 Å². The molecule has 0 aliphatic carbocycles. The number of pyridine rings is 1. The van der Waals surface area contributed by atoms with E-state index in [9.17, 15) is 8.42 Å². The van der Waals surface area contributed by atoms with Crippen LogP contribution in [0.1, 0.15) is 13.0 Å². The van der Waals surface area contributed by atoms with Crippen molar-refractivity contribution in [1.82, 2.24) is 4.31 Å². The molecule has 0 amide bonds. The molecule has 2 aromatic carbocycles. The van der Waals surface area contributed by atoms with E-state index >= 15 is 0 Å². The van der Waals surface area contributed by atoms with Gasteiger partial charge in [0, 0.05) is 31.1 Å². The fourth-order valence-corrected chi connectivity index (χ4v) is 6.23. The molecule has 3 aromatic rings. The van der Waals surface area contributed by atoms with Crippen LogP contribution in [0, 0.1) is 0 Å². The first kappa shape index (κ1) is 26.2. The number of para-hydroxylation sites is 1. The van der Waals surface area contributed by atoms with Crippen LogP contribution >= 0.6 is 11.8 Å². The van der Waals surface area contributed by atoms with Gasteiger partial charge in [0.1, 0.15) is 7.05 Å². The topological polar surface area (TPSA) is 44.5 Å².